The number of rotatable bonds is 6. The Kier molecular flexibility index (Phi) is 9.61. The van der Waals surface area contributed by atoms with Crippen molar-refractivity contribution < 1.29 is 36.6 Å². The summed E-state index contributed by atoms with van der Waals surface area (Å²) in [5.41, 5.74) is -1.71. The number of carbonyl (C=O) groups is 2. The Morgan fingerprint density at radius 3 is 2.29 bits per heavy atom. The summed E-state index contributed by atoms with van der Waals surface area (Å²) in [6.07, 6.45) is -3.72. The summed E-state index contributed by atoms with van der Waals surface area (Å²) in [7, 11) is 0. The predicted octanol–water partition coefficient (Wildman–Crippen LogP) is 6.68. The van der Waals surface area contributed by atoms with Gasteiger partial charge < -0.3 is 14.8 Å². The molecule has 0 radical (unpaired) electrons. The van der Waals surface area contributed by atoms with Crippen molar-refractivity contribution in [2.24, 2.45) is 4.99 Å². The molecule has 2 amide bonds. The van der Waals surface area contributed by atoms with Gasteiger partial charge >= 0.3 is 18.4 Å². The van der Waals surface area contributed by atoms with E-state index in [1.807, 2.05) is 0 Å². The number of hydrogen-bond donors (Lipinski definition) is 1. The quantitative estimate of drug-likeness (QED) is 0.183. The van der Waals surface area contributed by atoms with E-state index in [1.165, 1.54) is 23.0 Å². The van der Waals surface area contributed by atoms with Crippen LogP contribution in [0.25, 0.3) is 21.3 Å². The lowest BCUT2D eigenvalue weighted by molar-refractivity contribution is -0.141. The first kappa shape index (κ1) is 33.5. The van der Waals surface area contributed by atoms with E-state index in [0.717, 1.165) is 23.6 Å². The van der Waals surface area contributed by atoms with Crippen LogP contribution in [0, 0.1) is 5.95 Å². The van der Waals surface area contributed by atoms with Gasteiger partial charge in [-0.15, -0.1) is 4.99 Å². The minimum Gasteiger partial charge on any atom is -0.444 e. The molecule has 0 fully saturated rings. The van der Waals surface area contributed by atoms with Gasteiger partial charge in [0.25, 0.3) is 0 Å². The Morgan fingerprint density at radius 1 is 0.956 bits per heavy atom. The Bertz CT molecular complexity index is 1760. The SMILES string of the molecule is CC(C)(C)OC(=O)N=c1sc(-c2ccc3cnc(F)cc3c2)nn1C[C@H](Cc1ccc(C(F)(F)F)nc1)NC(=O)OC(C)(C)C. The standard InChI is InChI=1S/C30H32F4N6O4S/c1-28(2,3)43-26(41)37-21(11-17-7-10-22(35-14-17)30(32,33)34)16-40-25(38-27(42)44-29(4,5)6)45-24(39-40)18-8-9-19-15-36-23(31)13-20(19)12-18/h7-10,12-15,21H,11,16H2,1-6H3,(H,37,41)/t21-/m0/s1. The maximum absolute atomic E-state index is 13.8. The van der Waals surface area contributed by atoms with E-state index >= 15 is 0 Å². The molecule has 240 valence electrons. The molecular formula is C30H32F4N6O4S. The minimum absolute atomic E-state index is 0.0400. The summed E-state index contributed by atoms with van der Waals surface area (Å²) in [4.78, 5) is 36.9. The number of ether oxygens (including phenoxy) is 2. The van der Waals surface area contributed by atoms with Crippen LogP contribution < -0.4 is 10.1 Å². The Labute approximate surface area is 260 Å². The minimum atomic E-state index is -4.61. The van der Waals surface area contributed by atoms with Crippen LogP contribution >= 0.6 is 11.3 Å². The number of pyridine rings is 2. The number of halogens is 4. The van der Waals surface area contributed by atoms with Crippen LogP contribution in [-0.4, -0.2) is 49.2 Å². The topological polar surface area (TPSA) is 121 Å². The molecule has 0 spiro atoms. The highest BCUT2D eigenvalue weighted by atomic mass is 32.1. The fourth-order valence-electron chi connectivity index (χ4n) is 4.08. The third kappa shape index (κ3) is 9.80. The molecule has 1 N–H and O–H groups in total. The highest BCUT2D eigenvalue weighted by Gasteiger charge is 2.32. The van der Waals surface area contributed by atoms with Crippen LogP contribution in [0.4, 0.5) is 27.2 Å². The highest BCUT2D eigenvalue weighted by Crippen LogP contribution is 2.28. The molecule has 1 aromatic carbocycles. The second kappa shape index (κ2) is 12.9. The summed E-state index contributed by atoms with van der Waals surface area (Å²) in [6, 6.07) is 7.84. The maximum Gasteiger partial charge on any atom is 0.436 e. The van der Waals surface area contributed by atoms with E-state index in [9.17, 15) is 27.2 Å². The molecule has 0 saturated heterocycles. The zero-order chi connectivity index (χ0) is 33.2. The largest absolute Gasteiger partial charge is 0.444 e. The fraction of sp³-hybridized carbons (Fsp3) is 0.400. The molecule has 3 aromatic heterocycles. The van der Waals surface area contributed by atoms with E-state index in [4.69, 9.17) is 9.47 Å². The average molecular weight is 649 g/mol. The van der Waals surface area contributed by atoms with Gasteiger partial charge in [-0.1, -0.05) is 29.5 Å². The van der Waals surface area contributed by atoms with Crippen molar-refractivity contribution in [2.75, 3.05) is 0 Å². The van der Waals surface area contributed by atoms with Gasteiger partial charge in [0.2, 0.25) is 10.7 Å². The van der Waals surface area contributed by atoms with Crippen molar-refractivity contribution >= 4 is 34.3 Å². The van der Waals surface area contributed by atoms with Gasteiger partial charge in [-0.3, -0.25) is 4.98 Å². The van der Waals surface area contributed by atoms with Crippen molar-refractivity contribution in [1.82, 2.24) is 25.1 Å². The number of nitrogens with zero attached hydrogens (tertiary/aromatic N) is 5. The average Bonchev–Trinajstić information content (AvgIpc) is 3.27. The lowest BCUT2D eigenvalue weighted by Crippen LogP contribution is -2.44. The summed E-state index contributed by atoms with van der Waals surface area (Å²) in [6.45, 7) is 10.1. The van der Waals surface area contributed by atoms with Crippen molar-refractivity contribution in [1.29, 1.82) is 0 Å². The molecule has 0 bridgehead atoms. The molecule has 0 unspecified atom stereocenters. The summed E-state index contributed by atoms with van der Waals surface area (Å²) < 4.78 is 65.2. The molecule has 3 heterocycles. The number of benzene rings is 1. The highest BCUT2D eigenvalue weighted by molar-refractivity contribution is 7.12. The van der Waals surface area contributed by atoms with Crippen molar-refractivity contribution in [2.45, 2.75) is 77.9 Å². The van der Waals surface area contributed by atoms with Gasteiger partial charge in [-0.25, -0.2) is 19.3 Å². The Balaban J connectivity index is 1.74. The van der Waals surface area contributed by atoms with Gasteiger partial charge in [-0.05, 0) is 71.0 Å². The molecule has 1 atom stereocenters. The zero-order valence-electron chi connectivity index (χ0n) is 25.4. The van der Waals surface area contributed by atoms with Crippen LogP contribution in [0.2, 0.25) is 0 Å². The number of nitrogens with one attached hydrogen (secondary N) is 1. The Morgan fingerprint density at radius 2 is 1.67 bits per heavy atom. The first-order valence-corrected chi connectivity index (χ1v) is 14.6. The normalized spacial score (nSPS) is 13.5. The van der Waals surface area contributed by atoms with Crippen LogP contribution in [-0.2, 0) is 28.6 Å². The number of fused-ring (bicyclic) bond motifs is 1. The van der Waals surface area contributed by atoms with Crippen LogP contribution in [0.5, 0.6) is 0 Å². The third-order valence-electron chi connectivity index (χ3n) is 5.85. The molecule has 0 saturated carbocycles. The van der Waals surface area contributed by atoms with Crippen LogP contribution in [0.1, 0.15) is 52.8 Å². The lowest BCUT2D eigenvalue weighted by atomic mass is 10.1. The first-order valence-electron chi connectivity index (χ1n) is 13.8. The Hall–Kier alpha value is -4.40. The fourth-order valence-corrected chi connectivity index (χ4v) is 4.98. The van der Waals surface area contributed by atoms with Gasteiger partial charge in [0.15, 0.2) is 0 Å². The van der Waals surface area contributed by atoms with Gasteiger partial charge in [0.05, 0.1) is 12.6 Å². The van der Waals surface area contributed by atoms with E-state index in [0.29, 0.717) is 26.9 Å². The summed E-state index contributed by atoms with van der Waals surface area (Å²) in [5.74, 6) is -0.650. The van der Waals surface area contributed by atoms with Crippen molar-refractivity contribution in [3.63, 3.8) is 0 Å². The van der Waals surface area contributed by atoms with E-state index in [2.05, 4.69) is 25.4 Å². The van der Waals surface area contributed by atoms with Crippen molar-refractivity contribution in [3.8, 4) is 10.6 Å². The lowest BCUT2D eigenvalue weighted by Gasteiger charge is -2.24. The van der Waals surface area contributed by atoms with E-state index in [1.54, 1.807) is 59.7 Å². The summed E-state index contributed by atoms with van der Waals surface area (Å²) in [5, 5.41) is 9.08. The predicted molar refractivity (Wildman–Crippen MR) is 159 cm³/mol. The molecular weight excluding hydrogens is 616 g/mol. The first-order chi connectivity index (χ1) is 20.8. The second-order valence-corrected chi connectivity index (χ2v) is 13.1. The molecule has 4 rings (SSSR count). The molecule has 4 aromatic rings. The van der Waals surface area contributed by atoms with Crippen molar-refractivity contribution in [3.05, 3.63) is 70.8 Å². The molecule has 0 aliphatic rings. The number of hydrogen-bond acceptors (Lipinski definition) is 8. The summed E-state index contributed by atoms with van der Waals surface area (Å²) >= 11 is 1.06. The molecule has 0 aliphatic carbocycles. The van der Waals surface area contributed by atoms with Gasteiger partial charge in [0.1, 0.15) is 21.9 Å². The number of aromatic nitrogens is 4. The van der Waals surface area contributed by atoms with E-state index < -0.39 is 47.2 Å². The van der Waals surface area contributed by atoms with E-state index in [-0.39, 0.29) is 17.8 Å². The number of alkyl carbamates (subject to hydrolysis) is 1. The smallest absolute Gasteiger partial charge is 0.436 e. The maximum atomic E-state index is 13.8. The number of carbonyl (C=O) groups excluding carboxylic acids is 2. The number of amides is 2. The van der Waals surface area contributed by atoms with Gasteiger partial charge in [0, 0.05) is 29.4 Å². The zero-order valence-corrected chi connectivity index (χ0v) is 26.2. The molecule has 15 heteroatoms. The van der Waals surface area contributed by atoms with Crippen LogP contribution in [0.15, 0.2) is 53.8 Å². The van der Waals surface area contributed by atoms with Gasteiger partial charge in [-0.2, -0.15) is 22.7 Å². The van der Waals surface area contributed by atoms with Crippen LogP contribution in [0.3, 0.4) is 0 Å². The third-order valence-corrected chi connectivity index (χ3v) is 6.84. The number of alkyl halides is 3. The second-order valence-electron chi connectivity index (χ2n) is 12.1. The monoisotopic (exact) mass is 648 g/mol. The molecule has 45 heavy (non-hydrogen) atoms. The molecule has 0 aliphatic heterocycles. The molecule has 10 nitrogen and oxygen atoms in total.